The molecule has 1 amide bonds. The average Bonchev–Trinajstić information content (AvgIpc) is 3.38. The number of carbonyl (C=O) groups excluding carboxylic acids is 3. The zero-order valence-corrected chi connectivity index (χ0v) is 18.9. The van der Waals surface area contributed by atoms with E-state index in [1.54, 1.807) is 54.8 Å². The van der Waals surface area contributed by atoms with Crippen molar-refractivity contribution in [1.29, 1.82) is 0 Å². The van der Waals surface area contributed by atoms with Gasteiger partial charge in [0.25, 0.3) is 5.91 Å². The van der Waals surface area contributed by atoms with Crippen molar-refractivity contribution in [2.24, 2.45) is 0 Å². The number of carbonyl (C=O) groups is 3. The van der Waals surface area contributed by atoms with E-state index in [4.69, 9.17) is 9.15 Å². The summed E-state index contributed by atoms with van der Waals surface area (Å²) in [6.07, 6.45) is 1.53. The van der Waals surface area contributed by atoms with Crippen LogP contribution in [0.25, 0.3) is 0 Å². The molecule has 3 rings (SSSR count). The Morgan fingerprint density at radius 3 is 2.34 bits per heavy atom. The summed E-state index contributed by atoms with van der Waals surface area (Å²) in [5.74, 6) is -0.393. The van der Waals surface area contributed by atoms with Gasteiger partial charge in [-0.2, -0.15) is 0 Å². The van der Waals surface area contributed by atoms with Crippen LogP contribution in [0.4, 0.5) is 0 Å². The molecule has 0 aliphatic heterocycles. The molecule has 0 N–H and O–H groups in total. The molecule has 2 heterocycles. The number of ether oxygens (including phenoxy) is 1. The number of furan rings is 1. The van der Waals surface area contributed by atoms with E-state index in [-0.39, 0.29) is 31.4 Å². The van der Waals surface area contributed by atoms with Crippen LogP contribution >= 0.6 is 0 Å². The van der Waals surface area contributed by atoms with Crippen LogP contribution in [-0.2, 0) is 17.8 Å². The van der Waals surface area contributed by atoms with Crippen molar-refractivity contribution in [2.45, 2.75) is 40.8 Å². The van der Waals surface area contributed by atoms with E-state index in [0.29, 0.717) is 40.4 Å². The van der Waals surface area contributed by atoms with E-state index in [1.807, 2.05) is 19.9 Å². The molecule has 168 valence electrons. The van der Waals surface area contributed by atoms with E-state index in [2.05, 4.69) is 0 Å². The summed E-state index contributed by atoms with van der Waals surface area (Å²) in [7, 11) is 0. The highest BCUT2D eigenvalue weighted by atomic mass is 16.5. The molecule has 1 aromatic carbocycles. The van der Waals surface area contributed by atoms with Crippen molar-refractivity contribution in [3.8, 4) is 0 Å². The summed E-state index contributed by atoms with van der Waals surface area (Å²) in [6, 6.07) is 12.3. The molecule has 7 nitrogen and oxygen atoms in total. The summed E-state index contributed by atoms with van der Waals surface area (Å²) in [4.78, 5) is 40.6. The minimum absolute atomic E-state index is 0.147. The van der Waals surface area contributed by atoms with Crippen LogP contribution in [0.3, 0.4) is 0 Å². The normalized spacial score (nSPS) is 10.8. The second kappa shape index (κ2) is 10.1. The SMILES string of the molecule is CCOC(=O)c1c(C)c(C(=O)CN(Cc2ccco2)C(=O)c2ccccc2)c(C)n1CC. The first-order chi connectivity index (χ1) is 15.4. The zero-order valence-electron chi connectivity index (χ0n) is 18.9. The standard InChI is InChI=1S/C25H28N2O5/c1-5-27-18(4)22(17(3)23(27)25(30)31-6-2)21(28)16-26(15-20-13-10-14-32-20)24(29)19-11-8-7-9-12-19/h7-14H,5-6,15-16H2,1-4H3. The molecule has 0 unspecified atom stereocenters. The largest absolute Gasteiger partial charge is 0.467 e. The predicted octanol–water partition coefficient (Wildman–Crippen LogP) is 4.42. The van der Waals surface area contributed by atoms with Crippen LogP contribution in [0.15, 0.2) is 53.1 Å². The van der Waals surface area contributed by atoms with Crippen LogP contribution in [0.1, 0.15) is 62.1 Å². The maximum Gasteiger partial charge on any atom is 0.355 e. The molecule has 32 heavy (non-hydrogen) atoms. The van der Waals surface area contributed by atoms with Crippen LogP contribution in [0.2, 0.25) is 0 Å². The molecule has 0 aliphatic carbocycles. The van der Waals surface area contributed by atoms with E-state index in [9.17, 15) is 14.4 Å². The highest BCUT2D eigenvalue weighted by molar-refractivity contribution is 6.06. The van der Waals surface area contributed by atoms with Crippen LogP contribution < -0.4 is 0 Å². The molecule has 0 fully saturated rings. The number of Topliss-reactive ketones (excluding diaryl/α,β-unsaturated/α-hetero) is 1. The van der Waals surface area contributed by atoms with Gasteiger partial charge in [0, 0.05) is 23.4 Å². The topological polar surface area (TPSA) is 81.8 Å². The molecule has 7 heteroatoms. The fraction of sp³-hybridized carbons (Fsp3) is 0.320. The fourth-order valence-corrected chi connectivity index (χ4v) is 3.97. The smallest absolute Gasteiger partial charge is 0.355 e. The van der Waals surface area contributed by atoms with Gasteiger partial charge in [0.1, 0.15) is 11.5 Å². The van der Waals surface area contributed by atoms with Crippen LogP contribution in [0, 0.1) is 13.8 Å². The number of rotatable bonds is 9. The average molecular weight is 437 g/mol. The Morgan fingerprint density at radius 2 is 1.75 bits per heavy atom. The molecule has 0 bridgehead atoms. The molecular weight excluding hydrogens is 408 g/mol. The number of ketones is 1. The number of esters is 1. The molecule has 0 atom stereocenters. The van der Waals surface area contributed by atoms with Crippen molar-refractivity contribution in [1.82, 2.24) is 9.47 Å². The van der Waals surface area contributed by atoms with Gasteiger partial charge in [0.2, 0.25) is 0 Å². The summed E-state index contributed by atoms with van der Waals surface area (Å²) in [5.41, 5.74) is 2.56. The van der Waals surface area contributed by atoms with Gasteiger partial charge in [-0.3, -0.25) is 9.59 Å². The molecule has 0 spiro atoms. The van der Waals surface area contributed by atoms with Gasteiger partial charge in [-0.25, -0.2) is 4.79 Å². The van der Waals surface area contributed by atoms with Crippen LogP contribution in [-0.4, -0.2) is 40.3 Å². The summed E-state index contributed by atoms with van der Waals surface area (Å²) in [6.45, 7) is 7.98. The van der Waals surface area contributed by atoms with Crippen LogP contribution in [0.5, 0.6) is 0 Å². The zero-order chi connectivity index (χ0) is 23.3. The number of nitrogens with zero attached hydrogens (tertiary/aromatic N) is 2. The Labute approximate surface area is 187 Å². The van der Waals surface area contributed by atoms with Crippen molar-refractivity contribution < 1.29 is 23.5 Å². The van der Waals surface area contributed by atoms with E-state index in [1.165, 1.54) is 11.2 Å². The molecule has 0 radical (unpaired) electrons. The van der Waals surface area contributed by atoms with Gasteiger partial charge >= 0.3 is 5.97 Å². The van der Waals surface area contributed by atoms with Gasteiger partial charge in [-0.15, -0.1) is 0 Å². The number of benzene rings is 1. The van der Waals surface area contributed by atoms with Gasteiger partial charge in [-0.1, -0.05) is 18.2 Å². The van der Waals surface area contributed by atoms with Crippen molar-refractivity contribution >= 4 is 17.7 Å². The Balaban J connectivity index is 1.95. The second-order valence-electron chi connectivity index (χ2n) is 7.43. The predicted molar refractivity (Wildman–Crippen MR) is 120 cm³/mol. The quantitative estimate of drug-likeness (QED) is 0.366. The molecule has 0 saturated heterocycles. The number of aromatic nitrogens is 1. The number of hydrogen-bond acceptors (Lipinski definition) is 5. The third kappa shape index (κ3) is 4.66. The summed E-state index contributed by atoms with van der Waals surface area (Å²) >= 11 is 0. The minimum Gasteiger partial charge on any atom is -0.467 e. The van der Waals surface area contributed by atoms with Crippen molar-refractivity contribution in [2.75, 3.05) is 13.2 Å². The summed E-state index contributed by atoms with van der Waals surface area (Å²) < 4.78 is 12.4. The van der Waals surface area contributed by atoms with Gasteiger partial charge in [0.05, 0.1) is 26.0 Å². The first-order valence-electron chi connectivity index (χ1n) is 10.7. The Morgan fingerprint density at radius 1 is 1.03 bits per heavy atom. The highest BCUT2D eigenvalue weighted by Gasteiger charge is 2.29. The number of amides is 1. The van der Waals surface area contributed by atoms with Crippen molar-refractivity contribution in [3.63, 3.8) is 0 Å². The first-order valence-corrected chi connectivity index (χ1v) is 10.7. The van der Waals surface area contributed by atoms with Gasteiger partial charge < -0.3 is 18.6 Å². The molecule has 0 aliphatic rings. The lowest BCUT2D eigenvalue weighted by atomic mass is 10.0. The van der Waals surface area contributed by atoms with E-state index < -0.39 is 5.97 Å². The van der Waals surface area contributed by atoms with Gasteiger partial charge in [-0.05, 0) is 57.5 Å². The molecule has 0 saturated carbocycles. The Hall–Kier alpha value is -3.61. The first kappa shape index (κ1) is 23.1. The maximum atomic E-state index is 13.4. The summed E-state index contributed by atoms with van der Waals surface area (Å²) in [5, 5.41) is 0. The number of hydrogen-bond donors (Lipinski definition) is 0. The van der Waals surface area contributed by atoms with Crippen molar-refractivity contribution in [3.05, 3.63) is 82.6 Å². The monoisotopic (exact) mass is 436 g/mol. The fourth-order valence-electron chi connectivity index (χ4n) is 3.97. The lowest BCUT2D eigenvalue weighted by Gasteiger charge is -2.21. The molecule has 2 aromatic heterocycles. The third-order valence-electron chi connectivity index (χ3n) is 5.40. The van der Waals surface area contributed by atoms with E-state index >= 15 is 0 Å². The van der Waals surface area contributed by atoms with Gasteiger partial charge in [0.15, 0.2) is 5.78 Å². The second-order valence-corrected chi connectivity index (χ2v) is 7.43. The maximum absolute atomic E-state index is 13.4. The lowest BCUT2D eigenvalue weighted by Crippen LogP contribution is -2.35. The third-order valence-corrected chi connectivity index (χ3v) is 5.40. The lowest BCUT2D eigenvalue weighted by molar-refractivity contribution is 0.0512. The minimum atomic E-state index is -0.457. The Bertz CT molecular complexity index is 1100. The van der Waals surface area contributed by atoms with E-state index in [0.717, 1.165) is 0 Å². The Kier molecular flexibility index (Phi) is 7.30. The highest BCUT2D eigenvalue weighted by Crippen LogP contribution is 2.25. The molecular formula is C25H28N2O5. The molecule has 3 aromatic rings.